The maximum Gasteiger partial charge on any atom is 0.136 e. The standard InChI is InChI=1S/C15H20FNOS/c1-2-17-14(12-6-5-9-18-10-12)11-19-15-8-4-3-7-13(15)16/h3-4,7-8,10,14,17H,2,5-6,9,11H2,1H3. The lowest BCUT2D eigenvalue weighted by molar-refractivity contribution is 0.220. The fraction of sp³-hybridized carbons (Fsp3) is 0.467. The molecule has 0 saturated heterocycles. The van der Waals surface area contributed by atoms with Gasteiger partial charge in [0, 0.05) is 16.7 Å². The first kappa shape index (κ1) is 14.4. The van der Waals surface area contributed by atoms with Gasteiger partial charge in [0.15, 0.2) is 0 Å². The molecule has 0 radical (unpaired) electrons. The predicted octanol–water partition coefficient (Wildman–Crippen LogP) is 3.59. The highest BCUT2D eigenvalue weighted by molar-refractivity contribution is 7.99. The number of nitrogens with one attached hydrogen (secondary N) is 1. The van der Waals surface area contributed by atoms with E-state index in [9.17, 15) is 4.39 Å². The van der Waals surface area contributed by atoms with Crippen molar-refractivity contribution < 1.29 is 9.13 Å². The summed E-state index contributed by atoms with van der Waals surface area (Å²) in [4.78, 5) is 0.711. The Bertz CT molecular complexity index is 436. The lowest BCUT2D eigenvalue weighted by Gasteiger charge is -2.23. The van der Waals surface area contributed by atoms with Crippen molar-refractivity contribution >= 4 is 11.8 Å². The van der Waals surface area contributed by atoms with Gasteiger partial charge in [-0.05, 0) is 37.1 Å². The third kappa shape index (κ3) is 4.25. The zero-order valence-corrected chi connectivity index (χ0v) is 12.0. The summed E-state index contributed by atoms with van der Waals surface area (Å²) < 4.78 is 19.0. The number of hydrogen-bond acceptors (Lipinski definition) is 3. The lowest BCUT2D eigenvalue weighted by atomic mass is 10.0. The van der Waals surface area contributed by atoms with Crippen molar-refractivity contribution in [2.45, 2.75) is 30.7 Å². The highest BCUT2D eigenvalue weighted by atomic mass is 32.2. The van der Waals surface area contributed by atoms with Crippen molar-refractivity contribution in [2.75, 3.05) is 18.9 Å². The van der Waals surface area contributed by atoms with Crippen LogP contribution in [0.2, 0.25) is 0 Å². The van der Waals surface area contributed by atoms with Gasteiger partial charge in [-0.3, -0.25) is 0 Å². The Morgan fingerprint density at radius 2 is 2.26 bits per heavy atom. The number of thioether (sulfide) groups is 1. The molecule has 104 valence electrons. The van der Waals surface area contributed by atoms with Crippen LogP contribution in [0.15, 0.2) is 41.0 Å². The molecule has 1 N–H and O–H groups in total. The van der Waals surface area contributed by atoms with Gasteiger partial charge in [0.1, 0.15) is 5.82 Å². The zero-order valence-electron chi connectivity index (χ0n) is 11.2. The number of rotatable bonds is 6. The number of halogens is 1. The maximum absolute atomic E-state index is 13.6. The third-order valence-electron chi connectivity index (χ3n) is 3.10. The molecule has 1 aromatic rings. The third-order valence-corrected chi connectivity index (χ3v) is 4.24. The van der Waals surface area contributed by atoms with E-state index in [0.717, 1.165) is 31.7 Å². The van der Waals surface area contributed by atoms with Gasteiger partial charge < -0.3 is 10.1 Å². The van der Waals surface area contributed by atoms with Crippen LogP contribution in [-0.2, 0) is 4.74 Å². The molecule has 1 aliphatic rings. The first-order chi connectivity index (χ1) is 9.31. The highest BCUT2D eigenvalue weighted by Crippen LogP contribution is 2.25. The molecule has 2 rings (SSSR count). The molecule has 0 saturated carbocycles. The SMILES string of the molecule is CCNC(CSc1ccccc1F)C1=COCCC1. The molecule has 1 aliphatic heterocycles. The van der Waals surface area contributed by atoms with E-state index in [0.29, 0.717) is 4.90 Å². The fourth-order valence-electron chi connectivity index (χ4n) is 2.12. The smallest absolute Gasteiger partial charge is 0.136 e. The second kappa shape index (κ2) is 7.56. The molecule has 1 atom stereocenters. The van der Waals surface area contributed by atoms with E-state index in [4.69, 9.17) is 4.74 Å². The van der Waals surface area contributed by atoms with E-state index in [1.165, 1.54) is 11.6 Å². The maximum atomic E-state index is 13.6. The van der Waals surface area contributed by atoms with Crippen LogP contribution in [0, 0.1) is 5.82 Å². The Balaban J connectivity index is 1.97. The van der Waals surface area contributed by atoms with Gasteiger partial charge >= 0.3 is 0 Å². The van der Waals surface area contributed by atoms with Crippen molar-refractivity contribution in [1.82, 2.24) is 5.32 Å². The fourth-order valence-corrected chi connectivity index (χ4v) is 3.18. The molecule has 4 heteroatoms. The molecule has 2 nitrogen and oxygen atoms in total. The van der Waals surface area contributed by atoms with Gasteiger partial charge in [-0.15, -0.1) is 11.8 Å². The van der Waals surface area contributed by atoms with E-state index in [2.05, 4.69) is 12.2 Å². The number of benzene rings is 1. The highest BCUT2D eigenvalue weighted by Gasteiger charge is 2.17. The average molecular weight is 281 g/mol. The van der Waals surface area contributed by atoms with Gasteiger partial charge in [0.2, 0.25) is 0 Å². The van der Waals surface area contributed by atoms with Crippen molar-refractivity contribution in [3.05, 3.63) is 41.9 Å². The number of ether oxygens (including phenoxy) is 1. The van der Waals surface area contributed by atoms with Crippen LogP contribution >= 0.6 is 11.8 Å². The molecule has 0 bridgehead atoms. The van der Waals surface area contributed by atoms with E-state index in [1.807, 2.05) is 18.4 Å². The summed E-state index contributed by atoms with van der Waals surface area (Å²) in [6.07, 6.45) is 4.01. The number of likely N-dealkylation sites (N-methyl/N-ethyl adjacent to an activating group) is 1. The van der Waals surface area contributed by atoms with Crippen molar-refractivity contribution in [2.24, 2.45) is 0 Å². The summed E-state index contributed by atoms with van der Waals surface area (Å²) >= 11 is 1.55. The molecule has 1 unspecified atom stereocenters. The Kier molecular flexibility index (Phi) is 5.73. The van der Waals surface area contributed by atoms with Crippen LogP contribution in [0.4, 0.5) is 4.39 Å². The molecule has 0 spiro atoms. The van der Waals surface area contributed by atoms with Gasteiger partial charge in [-0.25, -0.2) is 4.39 Å². The summed E-state index contributed by atoms with van der Waals surface area (Å²) in [5, 5.41) is 3.45. The Labute approximate surface area is 118 Å². The average Bonchev–Trinajstić information content (AvgIpc) is 2.46. The first-order valence-corrected chi connectivity index (χ1v) is 7.71. The molecule has 0 amide bonds. The van der Waals surface area contributed by atoms with Crippen LogP contribution in [-0.4, -0.2) is 24.9 Å². The van der Waals surface area contributed by atoms with Gasteiger partial charge in [-0.2, -0.15) is 0 Å². The van der Waals surface area contributed by atoms with Gasteiger partial charge in [0.25, 0.3) is 0 Å². The molecule has 0 aromatic heterocycles. The summed E-state index contributed by atoms with van der Waals surface area (Å²) in [5.74, 6) is 0.681. The Morgan fingerprint density at radius 3 is 2.95 bits per heavy atom. The first-order valence-electron chi connectivity index (χ1n) is 6.72. The van der Waals surface area contributed by atoms with Crippen LogP contribution in [0.3, 0.4) is 0 Å². The number of hydrogen-bond donors (Lipinski definition) is 1. The second-order valence-corrected chi connectivity index (χ2v) is 5.58. The molecule has 1 aromatic carbocycles. The molecule has 0 fully saturated rings. The minimum atomic E-state index is -0.142. The largest absolute Gasteiger partial charge is 0.501 e. The zero-order chi connectivity index (χ0) is 13.5. The van der Waals surface area contributed by atoms with Crippen molar-refractivity contribution in [1.29, 1.82) is 0 Å². The van der Waals surface area contributed by atoms with Crippen LogP contribution in [0.1, 0.15) is 19.8 Å². The van der Waals surface area contributed by atoms with E-state index >= 15 is 0 Å². The van der Waals surface area contributed by atoms with Crippen molar-refractivity contribution in [3.63, 3.8) is 0 Å². The predicted molar refractivity (Wildman–Crippen MR) is 77.9 cm³/mol. The summed E-state index contributed by atoms with van der Waals surface area (Å²) in [6, 6.07) is 7.19. The lowest BCUT2D eigenvalue weighted by Crippen LogP contribution is -2.34. The minimum Gasteiger partial charge on any atom is -0.501 e. The van der Waals surface area contributed by atoms with Crippen LogP contribution in [0.25, 0.3) is 0 Å². The van der Waals surface area contributed by atoms with Crippen LogP contribution in [0.5, 0.6) is 0 Å². The summed E-state index contributed by atoms with van der Waals surface area (Å²) in [6.45, 7) is 3.80. The van der Waals surface area contributed by atoms with Gasteiger partial charge in [0.05, 0.1) is 12.9 Å². The monoisotopic (exact) mass is 281 g/mol. The van der Waals surface area contributed by atoms with E-state index in [-0.39, 0.29) is 11.9 Å². The molecular weight excluding hydrogens is 261 g/mol. The molecule has 1 heterocycles. The van der Waals surface area contributed by atoms with Gasteiger partial charge in [-0.1, -0.05) is 19.1 Å². The quantitative estimate of drug-likeness (QED) is 0.805. The molecule has 19 heavy (non-hydrogen) atoms. The van der Waals surface area contributed by atoms with Crippen molar-refractivity contribution in [3.8, 4) is 0 Å². The van der Waals surface area contributed by atoms with Crippen LogP contribution < -0.4 is 5.32 Å². The summed E-state index contributed by atoms with van der Waals surface area (Å²) in [5.41, 5.74) is 1.29. The normalized spacial score (nSPS) is 16.6. The molecular formula is C15H20FNOS. The minimum absolute atomic E-state index is 0.142. The summed E-state index contributed by atoms with van der Waals surface area (Å²) in [7, 11) is 0. The topological polar surface area (TPSA) is 21.3 Å². The van der Waals surface area contributed by atoms with E-state index < -0.39 is 0 Å². The molecule has 0 aliphatic carbocycles. The Hall–Kier alpha value is -1.00. The van der Waals surface area contributed by atoms with E-state index in [1.54, 1.807) is 17.8 Å². The second-order valence-electron chi connectivity index (χ2n) is 4.52. The Morgan fingerprint density at radius 1 is 1.42 bits per heavy atom.